The van der Waals surface area contributed by atoms with Crippen LogP contribution in [0.15, 0.2) is 35.3 Å². The third-order valence-electron chi connectivity index (χ3n) is 1.92. The second-order valence-electron chi connectivity index (χ2n) is 3.02. The number of rotatable bonds is 1. The molecule has 0 spiro atoms. The first-order chi connectivity index (χ1) is 7.16. The van der Waals surface area contributed by atoms with Gasteiger partial charge in [0.1, 0.15) is 5.82 Å². The summed E-state index contributed by atoms with van der Waals surface area (Å²) in [6.07, 6.45) is 1.42. The minimum absolute atomic E-state index is 0.224. The predicted molar refractivity (Wildman–Crippen MR) is 59.7 cm³/mol. The molecule has 0 amide bonds. The van der Waals surface area contributed by atoms with Gasteiger partial charge in [-0.3, -0.25) is 4.79 Å². The summed E-state index contributed by atoms with van der Waals surface area (Å²) in [6.45, 7) is 0. The summed E-state index contributed by atoms with van der Waals surface area (Å²) in [6, 6.07) is 6.36. The molecule has 76 valence electrons. The molecular formula is C10H8ClN3O. The van der Waals surface area contributed by atoms with Gasteiger partial charge >= 0.3 is 0 Å². The number of halogens is 1. The Morgan fingerprint density at radius 3 is 2.87 bits per heavy atom. The number of benzene rings is 1. The molecule has 2 aromatic rings. The van der Waals surface area contributed by atoms with Crippen molar-refractivity contribution in [1.29, 1.82) is 0 Å². The summed E-state index contributed by atoms with van der Waals surface area (Å²) in [5.74, 6) is 0.416. The van der Waals surface area contributed by atoms with Crippen molar-refractivity contribution in [2.75, 3.05) is 5.73 Å². The molecular weight excluding hydrogens is 214 g/mol. The van der Waals surface area contributed by atoms with Crippen molar-refractivity contribution >= 4 is 17.3 Å². The Balaban J connectivity index is 2.63. The Kier molecular flexibility index (Phi) is 2.43. The van der Waals surface area contributed by atoms with E-state index in [9.17, 15) is 4.79 Å². The maximum Gasteiger partial charge on any atom is 0.251 e. The zero-order valence-corrected chi connectivity index (χ0v) is 8.45. The van der Waals surface area contributed by atoms with Crippen molar-refractivity contribution in [3.8, 4) is 11.4 Å². The molecule has 15 heavy (non-hydrogen) atoms. The fraction of sp³-hybridized carbons (Fsp3) is 0. The SMILES string of the molecule is Nc1ccc(Cl)c(-c2nccc(=O)[nH]2)c1. The van der Waals surface area contributed by atoms with Crippen molar-refractivity contribution in [2.45, 2.75) is 0 Å². The first kappa shape index (κ1) is 9.73. The van der Waals surface area contributed by atoms with Crippen LogP contribution in [0, 0.1) is 0 Å². The van der Waals surface area contributed by atoms with Crippen LogP contribution in [0.5, 0.6) is 0 Å². The molecule has 2 rings (SSSR count). The zero-order valence-electron chi connectivity index (χ0n) is 7.70. The van der Waals surface area contributed by atoms with Crippen molar-refractivity contribution in [2.24, 2.45) is 0 Å². The Bertz CT molecular complexity index is 550. The molecule has 0 aliphatic rings. The molecule has 1 heterocycles. The number of aromatic amines is 1. The summed E-state index contributed by atoms with van der Waals surface area (Å²) in [5.41, 5.74) is 6.59. The summed E-state index contributed by atoms with van der Waals surface area (Å²) in [5, 5.41) is 0.499. The highest BCUT2D eigenvalue weighted by molar-refractivity contribution is 6.33. The number of nitrogens with two attached hydrogens (primary N) is 1. The molecule has 0 saturated heterocycles. The van der Waals surface area contributed by atoms with E-state index in [1.54, 1.807) is 18.2 Å². The number of H-pyrrole nitrogens is 1. The van der Waals surface area contributed by atoms with Gasteiger partial charge < -0.3 is 10.7 Å². The summed E-state index contributed by atoms with van der Waals surface area (Å²) in [7, 11) is 0. The standard InChI is InChI=1S/C10H8ClN3O/c11-8-2-1-6(12)5-7(8)10-13-4-3-9(15)14-10/h1-5H,12H2,(H,13,14,15). The minimum atomic E-state index is -0.224. The number of nitrogens with one attached hydrogen (secondary N) is 1. The van der Waals surface area contributed by atoms with Gasteiger partial charge in [-0.2, -0.15) is 0 Å². The van der Waals surface area contributed by atoms with Crippen LogP contribution in [0.4, 0.5) is 5.69 Å². The molecule has 0 bridgehead atoms. The van der Waals surface area contributed by atoms with Gasteiger partial charge in [-0.15, -0.1) is 0 Å². The molecule has 1 aromatic heterocycles. The van der Waals surface area contributed by atoms with E-state index in [1.165, 1.54) is 12.3 Å². The van der Waals surface area contributed by atoms with Gasteiger partial charge in [-0.05, 0) is 18.2 Å². The lowest BCUT2D eigenvalue weighted by atomic mass is 10.2. The molecule has 0 fully saturated rings. The van der Waals surface area contributed by atoms with Crippen LogP contribution in [-0.2, 0) is 0 Å². The van der Waals surface area contributed by atoms with E-state index in [1.807, 2.05) is 0 Å². The number of nitrogens with zero attached hydrogens (tertiary/aromatic N) is 1. The van der Waals surface area contributed by atoms with E-state index in [0.717, 1.165) is 0 Å². The number of hydrogen-bond acceptors (Lipinski definition) is 3. The fourth-order valence-corrected chi connectivity index (χ4v) is 1.44. The van der Waals surface area contributed by atoms with Gasteiger partial charge in [0.2, 0.25) is 0 Å². The maximum absolute atomic E-state index is 11.1. The van der Waals surface area contributed by atoms with Gasteiger partial charge in [0.25, 0.3) is 5.56 Å². The van der Waals surface area contributed by atoms with Crippen LogP contribution in [0.2, 0.25) is 5.02 Å². The highest BCUT2D eigenvalue weighted by atomic mass is 35.5. The highest BCUT2D eigenvalue weighted by Gasteiger charge is 2.05. The Morgan fingerprint density at radius 2 is 2.13 bits per heavy atom. The largest absolute Gasteiger partial charge is 0.399 e. The van der Waals surface area contributed by atoms with E-state index in [0.29, 0.717) is 22.1 Å². The molecule has 0 aliphatic carbocycles. The molecule has 5 heteroatoms. The number of anilines is 1. The van der Waals surface area contributed by atoms with Crippen LogP contribution in [0.25, 0.3) is 11.4 Å². The van der Waals surface area contributed by atoms with E-state index in [4.69, 9.17) is 17.3 Å². The van der Waals surface area contributed by atoms with Gasteiger partial charge in [-0.25, -0.2) is 4.98 Å². The number of aromatic nitrogens is 2. The van der Waals surface area contributed by atoms with E-state index in [-0.39, 0.29) is 5.56 Å². The smallest absolute Gasteiger partial charge is 0.251 e. The van der Waals surface area contributed by atoms with E-state index < -0.39 is 0 Å². The second kappa shape index (κ2) is 3.74. The normalized spacial score (nSPS) is 10.2. The molecule has 3 N–H and O–H groups in total. The van der Waals surface area contributed by atoms with Crippen molar-refractivity contribution < 1.29 is 0 Å². The lowest BCUT2D eigenvalue weighted by Crippen LogP contribution is -2.06. The van der Waals surface area contributed by atoms with Gasteiger partial charge in [0.15, 0.2) is 0 Å². The number of hydrogen-bond donors (Lipinski definition) is 2. The summed E-state index contributed by atoms with van der Waals surface area (Å²) < 4.78 is 0. The maximum atomic E-state index is 11.1. The first-order valence-corrected chi connectivity index (χ1v) is 4.65. The monoisotopic (exact) mass is 221 g/mol. The molecule has 0 saturated carbocycles. The van der Waals surface area contributed by atoms with Crippen molar-refractivity contribution in [3.63, 3.8) is 0 Å². The topological polar surface area (TPSA) is 71.8 Å². The fourth-order valence-electron chi connectivity index (χ4n) is 1.23. The van der Waals surface area contributed by atoms with E-state index >= 15 is 0 Å². The van der Waals surface area contributed by atoms with E-state index in [2.05, 4.69) is 9.97 Å². The first-order valence-electron chi connectivity index (χ1n) is 4.27. The van der Waals surface area contributed by atoms with Crippen molar-refractivity contribution in [3.05, 3.63) is 45.8 Å². The van der Waals surface area contributed by atoms with Crippen LogP contribution in [-0.4, -0.2) is 9.97 Å². The Morgan fingerprint density at radius 1 is 1.33 bits per heavy atom. The van der Waals surface area contributed by atoms with Crippen LogP contribution >= 0.6 is 11.6 Å². The summed E-state index contributed by atoms with van der Waals surface area (Å²) >= 11 is 5.97. The second-order valence-corrected chi connectivity index (χ2v) is 3.43. The summed E-state index contributed by atoms with van der Waals surface area (Å²) in [4.78, 5) is 17.7. The molecule has 0 radical (unpaired) electrons. The zero-order chi connectivity index (χ0) is 10.8. The molecule has 1 aromatic carbocycles. The van der Waals surface area contributed by atoms with Gasteiger partial charge in [-0.1, -0.05) is 11.6 Å². The van der Waals surface area contributed by atoms with Gasteiger partial charge in [0.05, 0.1) is 5.02 Å². The Hall–Kier alpha value is -1.81. The lowest BCUT2D eigenvalue weighted by molar-refractivity contribution is 1.13. The average Bonchev–Trinajstić information content (AvgIpc) is 2.22. The van der Waals surface area contributed by atoms with Crippen LogP contribution < -0.4 is 11.3 Å². The molecule has 0 unspecified atom stereocenters. The molecule has 0 atom stereocenters. The third-order valence-corrected chi connectivity index (χ3v) is 2.25. The molecule has 4 nitrogen and oxygen atoms in total. The highest BCUT2D eigenvalue weighted by Crippen LogP contribution is 2.26. The average molecular weight is 222 g/mol. The lowest BCUT2D eigenvalue weighted by Gasteiger charge is -2.03. The minimum Gasteiger partial charge on any atom is -0.399 e. The van der Waals surface area contributed by atoms with Crippen molar-refractivity contribution in [1.82, 2.24) is 9.97 Å². The Labute approximate surface area is 90.7 Å². The molecule has 0 aliphatic heterocycles. The third kappa shape index (κ3) is 1.99. The quantitative estimate of drug-likeness (QED) is 0.720. The number of nitrogen functional groups attached to an aromatic ring is 1. The van der Waals surface area contributed by atoms with Crippen LogP contribution in [0.1, 0.15) is 0 Å². The van der Waals surface area contributed by atoms with Gasteiger partial charge in [0, 0.05) is 23.5 Å². The van der Waals surface area contributed by atoms with Crippen LogP contribution in [0.3, 0.4) is 0 Å². The predicted octanol–water partition coefficient (Wildman–Crippen LogP) is 1.67.